The molecule has 0 aliphatic carbocycles. The molecule has 2 heterocycles. The van der Waals surface area contributed by atoms with E-state index in [2.05, 4.69) is 20.1 Å². The van der Waals surface area contributed by atoms with Crippen molar-refractivity contribution in [1.82, 2.24) is 20.1 Å². The number of benzene rings is 1. The molecule has 1 aromatic carbocycles. The Morgan fingerprint density at radius 3 is 2.91 bits per heavy atom. The Bertz CT molecular complexity index is 878. The Morgan fingerprint density at radius 1 is 1.30 bits per heavy atom. The topological polar surface area (TPSA) is 84.7 Å². The number of hydrogen-bond acceptors (Lipinski definition) is 6. The molecule has 1 N–H and O–H groups in total. The Morgan fingerprint density at radius 2 is 2.13 bits per heavy atom. The van der Waals surface area contributed by atoms with Crippen LogP contribution < -0.4 is 5.56 Å². The van der Waals surface area contributed by atoms with Crippen LogP contribution in [0.25, 0.3) is 11.4 Å². The van der Waals surface area contributed by atoms with Crippen molar-refractivity contribution in [2.24, 2.45) is 0 Å². The molecule has 0 bridgehead atoms. The highest BCUT2D eigenvalue weighted by Gasteiger charge is 2.12. The van der Waals surface area contributed by atoms with Gasteiger partial charge in [0.15, 0.2) is 5.16 Å². The standard InChI is InChI=1S/C15H13ClN4O2S/c1-2-9-7-12(21)18-15(17-9)23-8-13-19-14(20-22-13)10-5-3-4-6-11(10)16/h3-7H,2,8H2,1H3,(H,17,18,21). The van der Waals surface area contributed by atoms with Gasteiger partial charge in [-0.1, -0.05) is 47.6 Å². The molecule has 8 heteroatoms. The maximum atomic E-state index is 11.5. The molecular weight excluding hydrogens is 336 g/mol. The van der Waals surface area contributed by atoms with Crippen molar-refractivity contribution < 1.29 is 4.52 Å². The fourth-order valence-electron chi connectivity index (χ4n) is 1.93. The zero-order valence-corrected chi connectivity index (χ0v) is 13.8. The Kier molecular flexibility index (Phi) is 4.78. The van der Waals surface area contributed by atoms with E-state index in [0.717, 1.165) is 5.69 Å². The lowest BCUT2D eigenvalue weighted by atomic mass is 10.2. The van der Waals surface area contributed by atoms with Crippen LogP contribution in [-0.4, -0.2) is 20.1 Å². The molecule has 3 aromatic rings. The number of halogens is 1. The van der Waals surface area contributed by atoms with Crippen molar-refractivity contribution in [2.75, 3.05) is 0 Å². The third-order valence-electron chi connectivity index (χ3n) is 3.05. The van der Waals surface area contributed by atoms with Crippen LogP contribution in [-0.2, 0) is 12.2 Å². The molecule has 0 fully saturated rings. The minimum absolute atomic E-state index is 0.165. The van der Waals surface area contributed by atoms with Gasteiger partial charge in [0.05, 0.1) is 10.8 Å². The van der Waals surface area contributed by atoms with Gasteiger partial charge in [-0.3, -0.25) is 4.79 Å². The van der Waals surface area contributed by atoms with Crippen LogP contribution in [0.3, 0.4) is 0 Å². The van der Waals surface area contributed by atoms with E-state index in [1.165, 1.54) is 17.8 Å². The van der Waals surface area contributed by atoms with E-state index in [0.29, 0.717) is 39.6 Å². The van der Waals surface area contributed by atoms with Gasteiger partial charge in [-0.2, -0.15) is 4.98 Å². The van der Waals surface area contributed by atoms with E-state index in [-0.39, 0.29) is 5.56 Å². The normalized spacial score (nSPS) is 10.9. The monoisotopic (exact) mass is 348 g/mol. The molecule has 0 spiro atoms. The minimum Gasteiger partial charge on any atom is -0.338 e. The summed E-state index contributed by atoms with van der Waals surface area (Å²) in [5.74, 6) is 1.29. The summed E-state index contributed by atoms with van der Waals surface area (Å²) >= 11 is 7.45. The maximum Gasteiger partial charge on any atom is 0.251 e. The molecule has 0 atom stereocenters. The van der Waals surface area contributed by atoms with E-state index in [4.69, 9.17) is 16.1 Å². The summed E-state index contributed by atoms with van der Waals surface area (Å²) < 4.78 is 5.22. The largest absolute Gasteiger partial charge is 0.338 e. The van der Waals surface area contributed by atoms with Crippen LogP contribution in [0.5, 0.6) is 0 Å². The number of aromatic nitrogens is 4. The zero-order valence-electron chi connectivity index (χ0n) is 12.2. The van der Waals surface area contributed by atoms with Gasteiger partial charge >= 0.3 is 0 Å². The second-order valence-corrected chi connectivity index (χ2v) is 6.05. The summed E-state index contributed by atoms with van der Waals surface area (Å²) in [4.78, 5) is 22.9. The summed E-state index contributed by atoms with van der Waals surface area (Å²) in [5, 5.41) is 5.03. The molecule has 0 saturated carbocycles. The van der Waals surface area contributed by atoms with Crippen molar-refractivity contribution in [3.05, 3.63) is 57.3 Å². The zero-order chi connectivity index (χ0) is 16.2. The molecule has 2 aromatic heterocycles. The highest BCUT2D eigenvalue weighted by molar-refractivity contribution is 7.98. The first-order valence-corrected chi connectivity index (χ1v) is 8.32. The highest BCUT2D eigenvalue weighted by Crippen LogP contribution is 2.26. The molecule has 3 rings (SSSR count). The first-order valence-electron chi connectivity index (χ1n) is 6.96. The SMILES string of the molecule is CCc1cc(=O)[nH]c(SCc2nc(-c3ccccc3Cl)no2)n1. The van der Waals surface area contributed by atoms with Crippen molar-refractivity contribution in [3.63, 3.8) is 0 Å². The molecule has 0 saturated heterocycles. The molecule has 6 nitrogen and oxygen atoms in total. The van der Waals surface area contributed by atoms with Gasteiger partial charge in [0.25, 0.3) is 5.56 Å². The van der Waals surface area contributed by atoms with E-state index < -0.39 is 0 Å². The Balaban J connectivity index is 1.74. The van der Waals surface area contributed by atoms with Gasteiger partial charge in [-0.05, 0) is 18.6 Å². The molecule has 0 radical (unpaired) electrons. The number of aromatic amines is 1. The molecule has 0 aliphatic rings. The van der Waals surface area contributed by atoms with Gasteiger partial charge < -0.3 is 9.51 Å². The number of thioether (sulfide) groups is 1. The summed E-state index contributed by atoms with van der Waals surface area (Å²) in [6.45, 7) is 1.95. The summed E-state index contributed by atoms with van der Waals surface area (Å²) in [7, 11) is 0. The molecule has 0 unspecified atom stereocenters. The fourth-order valence-corrected chi connectivity index (χ4v) is 2.88. The van der Waals surface area contributed by atoms with Crippen LogP contribution in [0, 0.1) is 0 Å². The second kappa shape index (κ2) is 6.97. The number of hydrogen-bond donors (Lipinski definition) is 1. The number of H-pyrrole nitrogens is 1. The first kappa shape index (κ1) is 15.8. The van der Waals surface area contributed by atoms with Gasteiger partial charge in [0.2, 0.25) is 11.7 Å². The van der Waals surface area contributed by atoms with E-state index >= 15 is 0 Å². The van der Waals surface area contributed by atoms with Crippen LogP contribution in [0.4, 0.5) is 0 Å². The number of rotatable bonds is 5. The fraction of sp³-hybridized carbons (Fsp3) is 0.200. The summed E-state index contributed by atoms with van der Waals surface area (Å²) in [5.41, 5.74) is 1.30. The Hall–Kier alpha value is -2.12. The van der Waals surface area contributed by atoms with Gasteiger partial charge in [0, 0.05) is 17.3 Å². The van der Waals surface area contributed by atoms with Crippen LogP contribution in [0.15, 0.2) is 44.8 Å². The first-order chi connectivity index (χ1) is 11.2. The number of nitrogens with zero attached hydrogens (tertiary/aromatic N) is 3. The lowest BCUT2D eigenvalue weighted by Gasteiger charge is -2.00. The molecule has 0 aliphatic heterocycles. The van der Waals surface area contributed by atoms with E-state index in [9.17, 15) is 4.79 Å². The van der Waals surface area contributed by atoms with E-state index in [1.807, 2.05) is 25.1 Å². The van der Waals surface area contributed by atoms with Crippen molar-refractivity contribution in [1.29, 1.82) is 0 Å². The molecule has 118 valence electrons. The quantitative estimate of drug-likeness (QED) is 0.562. The third kappa shape index (κ3) is 3.80. The lowest BCUT2D eigenvalue weighted by Crippen LogP contribution is -2.09. The predicted octanol–water partition coefficient (Wildman–Crippen LogP) is 3.33. The van der Waals surface area contributed by atoms with E-state index in [1.54, 1.807) is 6.07 Å². The maximum absolute atomic E-state index is 11.5. The molecule has 23 heavy (non-hydrogen) atoms. The smallest absolute Gasteiger partial charge is 0.251 e. The van der Waals surface area contributed by atoms with Gasteiger partial charge in [-0.25, -0.2) is 4.98 Å². The number of nitrogens with one attached hydrogen (secondary N) is 1. The molecular formula is C15H13ClN4O2S. The predicted molar refractivity (Wildman–Crippen MR) is 88.5 cm³/mol. The average molecular weight is 349 g/mol. The van der Waals surface area contributed by atoms with Gasteiger partial charge in [0.1, 0.15) is 0 Å². The second-order valence-electron chi connectivity index (χ2n) is 4.68. The van der Waals surface area contributed by atoms with Crippen LogP contribution in [0.1, 0.15) is 18.5 Å². The summed E-state index contributed by atoms with van der Waals surface area (Å²) in [6.07, 6.45) is 0.703. The lowest BCUT2D eigenvalue weighted by molar-refractivity contribution is 0.391. The summed E-state index contributed by atoms with van der Waals surface area (Å²) in [6, 6.07) is 8.79. The molecule has 0 amide bonds. The van der Waals surface area contributed by atoms with Crippen LogP contribution >= 0.6 is 23.4 Å². The highest BCUT2D eigenvalue weighted by atomic mass is 35.5. The van der Waals surface area contributed by atoms with Crippen molar-refractivity contribution >= 4 is 23.4 Å². The Labute approximate surface area is 141 Å². The minimum atomic E-state index is -0.165. The van der Waals surface area contributed by atoms with Crippen molar-refractivity contribution in [2.45, 2.75) is 24.3 Å². The van der Waals surface area contributed by atoms with Crippen LogP contribution in [0.2, 0.25) is 5.02 Å². The van der Waals surface area contributed by atoms with Gasteiger partial charge in [-0.15, -0.1) is 0 Å². The number of aryl methyl sites for hydroxylation is 1. The van der Waals surface area contributed by atoms with Crippen molar-refractivity contribution in [3.8, 4) is 11.4 Å². The average Bonchev–Trinajstić information content (AvgIpc) is 3.01. The third-order valence-corrected chi connectivity index (χ3v) is 4.24.